The smallest absolute Gasteiger partial charge is 0.245 e. The molecular weight excluding hydrogens is 232 g/mol. The predicted octanol–water partition coefficient (Wildman–Crippen LogP) is 1.02. The molecule has 0 aromatic carbocycles. The van der Waals surface area contributed by atoms with Gasteiger partial charge < -0.3 is 15.6 Å². The number of nitrogens with one attached hydrogen (secondary N) is 1. The number of aromatic nitrogens is 4. The number of rotatable bonds is 3. The Morgan fingerprint density at radius 1 is 1.44 bits per heavy atom. The van der Waals surface area contributed by atoms with Gasteiger partial charge in [0.15, 0.2) is 5.82 Å². The van der Waals surface area contributed by atoms with Crippen LogP contribution in [-0.4, -0.2) is 20.1 Å². The molecule has 2 aromatic heterocycles. The summed E-state index contributed by atoms with van der Waals surface area (Å²) in [5.74, 6) is 1.66. The molecule has 0 saturated heterocycles. The van der Waals surface area contributed by atoms with Crippen LogP contribution in [0.5, 0.6) is 0 Å². The molecule has 0 atom stereocenters. The van der Waals surface area contributed by atoms with Gasteiger partial charge in [0.05, 0.1) is 6.54 Å². The highest BCUT2D eigenvalue weighted by Crippen LogP contribution is 2.13. The van der Waals surface area contributed by atoms with E-state index < -0.39 is 0 Å². The van der Waals surface area contributed by atoms with Gasteiger partial charge >= 0.3 is 0 Å². The summed E-state index contributed by atoms with van der Waals surface area (Å²) in [4.78, 5) is 11.7. The first-order chi connectivity index (χ1) is 7.63. The minimum atomic E-state index is 0.108. The molecule has 0 radical (unpaired) electrons. The summed E-state index contributed by atoms with van der Waals surface area (Å²) in [6.45, 7) is 2.10. The molecule has 2 aromatic rings. The standard InChI is InChI=1S/C8H9ClN6O/c1-4-12-7(16-15-4)3-11-6-2-5(9)13-8(10)14-6/h2H,3H2,1H3,(H3,10,11,13,14). The normalized spacial score (nSPS) is 10.4. The van der Waals surface area contributed by atoms with Crippen LogP contribution in [0.15, 0.2) is 10.6 Å². The van der Waals surface area contributed by atoms with Crippen LogP contribution in [0.1, 0.15) is 11.7 Å². The second-order valence-electron chi connectivity index (χ2n) is 3.02. The average Bonchev–Trinajstić information content (AvgIpc) is 2.60. The minimum absolute atomic E-state index is 0.108. The molecule has 8 heteroatoms. The largest absolute Gasteiger partial charge is 0.368 e. The van der Waals surface area contributed by atoms with E-state index >= 15 is 0 Å². The first-order valence-electron chi connectivity index (χ1n) is 4.46. The third-order valence-corrected chi connectivity index (χ3v) is 1.90. The van der Waals surface area contributed by atoms with Gasteiger partial charge in [-0.15, -0.1) is 0 Å². The van der Waals surface area contributed by atoms with Gasteiger partial charge in [-0.3, -0.25) is 0 Å². The van der Waals surface area contributed by atoms with E-state index in [1.54, 1.807) is 13.0 Å². The summed E-state index contributed by atoms with van der Waals surface area (Å²) < 4.78 is 4.92. The number of hydrogen-bond donors (Lipinski definition) is 2. The Morgan fingerprint density at radius 3 is 2.88 bits per heavy atom. The van der Waals surface area contributed by atoms with E-state index in [1.807, 2.05) is 0 Å². The first kappa shape index (κ1) is 10.6. The van der Waals surface area contributed by atoms with Gasteiger partial charge in [0.1, 0.15) is 11.0 Å². The van der Waals surface area contributed by atoms with Gasteiger partial charge in [-0.25, -0.2) is 4.98 Å². The summed E-state index contributed by atoms with van der Waals surface area (Å²) in [7, 11) is 0. The molecule has 7 nitrogen and oxygen atoms in total. The maximum Gasteiger partial charge on any atom is 0.245 e. The second-order valence-corrected chi connectivity index (χ2v) is 3.41. The zero-order valence-corrected chi connectivity index (χ0v) is 9.19. The highest BCUT2D eigenvalue weighted by Gasteiger charge is 2.04. The Bertz CT molecular complexity index is 479. The lowest BCUT2D eigenvalue weighted by Gasteiger charge is -2.02. The molecule has 0 bridgehead atoms. The van der Waals surface area contributed by atoms with Crippen molar-refractivity contribution in [3.63, 3.8) is 0 Å². The molecule has 0 spiro atoms. The summed E-state index contributed by atoms with van der Waals surface area (Å²) in [5, 5.41) is 6.87. The molecule has 0 aliphatic heterocycles. The Morgan fingerprint density at radius 2 is 2.25 bits per heavy atom. The quantitative estimate of drug-likeness (QED) is 0.772. The molecule has 0 saturated carbocycles. The number of nitrogens with zero attached hydrogens (tertiary/aromatic N) is 4. The lowest BCUT2D eigenvalue weighted by atomic mass is 10.5. The van der Waals surface area contributed by atoms with Crippen LogP contribution in [0.3, 0.4) is 0 Å². The fourth-order valence-electron chi connectivity index (χ4n) is 1.10. The van der Waals surface area contributed by atoms with E-state index in [1.165, 1.54) is 0 Å². The number of nitrogen functional groups attached to an aromatic ring is 1. The van der Waals surface area contributed by atoms with Crippen molar-refractivity contribution in [2.45, 2.75) is 13.5 Å². The van der Waals surface area contributed by atoms with Crippen molar-refractivity contribution in [1.82, 2.24) is 20.1 Å². The lowest BCUT2D eigenvalue weighted by molar-refractivity contribution is 0.379. The van der Waals surface area contributed by atoms with Crippen molar-refractivity contribution in [3.8, 4) is 0 Å². The highest BCUT2D eigenvalue weighted by atomic mass is 35.5. The predicted molar refractivity (Wildman–Crippen MR) is 57.8 cm³/mol. The van der Waals surface area contributed by atoms with E-state index in [2.05, 4.69) is 25.4 Å². The summed E-state index contributed by atoms with van der Waals surface area (Å²) in [5.41, 5.74) is 5.43. The molecule has 2 rings (SSSR count). The van der Waals surface area contributed by atoms with Crippen LogP contribution in [0.4, 0.5) is 11.8 Å². The molecule has 84 valence electrons. The van der Waals surface area contributed by atoms with Crippen molar-refractivity contribution in [2.75, 3.05) is 11.1 Å². The Kier molecular flexibility index (Phi) is 2.86. The molecular formula is C8H9ClN6O. The summed E-state index contributed by atoms with van der Waals surface area (Å²) in [6.07, 6.45) is 0. The molecule has 0 fully saturated rings. The van der Waals surface area contributed by atoms with E-state index in [4.69, 9.17) is 21.9 Å². The van der Waals surface area contributed by atoms with Crippen LogP contribution in [-0.2, 0) is 6.54 Å². The highest BCUT2D eigenvalue weighted by molar-refractivity contribution is 6.29. The van der Waals surface area contributed by atoms with Crippen molar-refractivity contribution >= 4 is 23.4 Å². The Hall–Kier alpha value is -1.89. The van der Waals surface area contributed by atoms with E-state index in [9.17, 15) is 0 Å². The van der Waals surface area contributed by atoms with Crippen LogP contribution in [0.25, 0.3) is 0 Å². The molecule has 16 heavy (non-hydrogen) atoms. The van der Waals surface area contributed by atoms with Gasteiger partial charge in [-0.2, -0.15) is 9.97 Å². The van der Waals surface area contributed by atoms with Crippen molar-refractivity contribution in [3.05, 3.63) is 22.9 Å². The number of anilines is 2. The van der Waals surface area contributed by atoms with Gasteiger partial charge in [0, 0.05) is 6.07 Å². The lowest BCUT2D eigenvalue weighted by Crippen LogP contribution is -2.04. The number of aryl methyl sites for hydroxylation is 1. The maximum absolute atomic E-state index is 5.71. The Labute approximate surface area is 96.0 Å². The third-order valence-electron chi connectivity index (χ3n) is 1.70. The molecule has 0 unspecified atom stereocenters. The van der Waals surface area contributed by atoms with Gasteiger partial charge in [0.25, 0.3) is 0 Å². The third kappa shape index (κ3) is 2.57. The second kappa shape index (κ2) is 4.31. The maximum atomic E-state index is 5.71. The monoisotopic (exact) mass is 240 g/mol. The minimum Gasteiger partial charge on any atom is -0.368 e. The van der Waals surface area contributed by atoms with E-state index in [-0.39, 0.29) is 11.1 Å². The fraction of sp³-hybridized carbons (Fsp3) is 0.250. The first-order valence-corrected chi connectivity index (χ1v) is 4.84. The van der Waals surface area contributed by atoms with Crippen LogP contribution in [0.2, 0.25) is 5.15 Å². The summed E-state index contributed by atoms with van der Waals surface area (Å²) >= 11 is 5.71. The van der Waals surface area contributed by atoms with Gasteiger partial charge in [-0.1, -0.05) is 16.8 Å². The molecule has 0 aliphatic rings. The molecule has 2 heterocycles. The zero-order valence-electron chi connectivity index (χ0n) is 8.44. The summed E-state index contributed by atoms with van der Waals surface area (Å²) in [6, 6.07) is 1.56. The topological polar surface area (TPSA) is 103 Å². The van der Waals surface area contributed by atoms with Gasteiger partial charge in [0.2, 0.25) is 11.8 Å². The fourth-order valence-corrected chi connectivity index (χ4v) is 1.29. The van der Waals surface area contributed by atoms with Crippen LogP contribution < -0.4 is 11.1 Å². The van der Waals surface area contributed by atoms with Crippen LogP contribution >= 0.6 is 11.6 Å². The SMILES string of the molecule is Cc1noc(CNc2cc(Cl)nc(N)n2)n1. The van der Waals surface area contributed by atoms with E-state index in [0.717, 1.165) is 0 Å². The number of nitrogens with two attached hydrogens (primary N) is 1. The Balaban J connectivity index is 2.04. The van der Waals surface area contributed by atoms with E-state index in [0.29, 0.717) is 24.1 Å². The number of hydrogen-bond acceptors (Lipinski definition) is 7. The molecule has 0 aliphatic carbocycles. The average molecular weight is 241 g/mol. The van der Waals surface area contributed by atoms with Crippen molar-refractivity contribution in [1.29, 1.82) is 0 Å². The number of halogens is 1. The molecule has 0 amide bonds. The van der Waals surface area contributed by atoms with Crippen molar-refractivity contribution in [2.24, 2.45) is 0 Å². The zero-order chi connectivity index (χ0) is 11.5. The van der Waals surface area contributed by atoms with Crippen molar-refractivity contribution < 1.29 is 4.52 Å². The van der Waals surface area contributed by atoms with Crippen LogP contribution in [0, 0.1) is 6.92 Å². The van der Waals surface area contributed by atoms with Gasteiger partial charge in [-0.05, 0) is 6.92 Å². The molecule has 3 N–H and O–H groups in total.